The summed E-state index contributed by atoms with van der Waals surface area (Å²) in [5, 5.41) is 31.4. The minimum atomic E-state index is -1.82. The first-order valence-corrected chi connectivity index (χ1v) is 12.4. The zero-order valence-electron chi connectivity index (χ0n) is 20.4. The minimum absolute atomic E-state index is 0.0501. The third-order valence-corrected chi connectivity index (χ3v) is 5.98. The molecule has 2 aromatic carbocycles. The molecule has 4 rings (SSSR count). The molecular weight excluding hydrogens is 595 g/mol. The number of imidazole rings is 1. The number of ether oxygens (including phenoxy) is 2. The van der Waals surface area contributed by atoms with E-state index >= 15 is 0 Å². The van der Waals surface area contributed by atoms with E-state index in [2.05, 4.69) is 4.98 Å². The number of carboxylic acid groups (broad SMARTS) is 4. The summed E-state index contributed by atoms with van der Waals surface area (Å²) in [6.45, 7) is 0.938. The second-order valence-corrected chi connectivity index (χ2v) is 9.33. The quantitative estimate of drug-likeness (QED) is 0.292. The number of aryl methyl sites for hydroxylation is 1. The fourth-order valence-corrected chi connectivity index (χ4v) is 4.09. The summed E-state index contributed by atoms with van der Waals surface area (Å²) >= 11 is 18.5. The monoisotopic (exact) mass is 616 g/mol. The lowest BCUT2D eigenvalue weighted by atomic mass is 10.0. The van der Waals surface area contributed by atoms with Crippen molar-refractivity contribution in [1.29, 1.82) is 0 Å². The zero-order chi connectivity index (χ0) is 29.9. The molecule has 15 heteroatoms. The average Bonchev–Trinajstić information content (AvgIpc) is 3.55. The predicted octanol–water partition coefficient (Wildman–Crippen LogP) is 4.06. The van der Waals surface area contributed by atoms with Crippen molar-refractivity contribution in [2.45, 2.75) is 31.3 Å². The predicted molar refractivity (Wildman–Crippen MR) is 142 cm³/mol. The van der Waals surface area contributed by atoms with Gasteiger partial charge in [0.15, 0.2) is 0 Å². The first kappa shape index (κ1) is 32.5. The van der Waals surface area contributed by atoms with Gasteiger partial charge in [-0.3, -0.25) is 0 Å². The number of nitrogens with zero attached hydrogens (tertiary/aromatic N) is 2. The highest BCUT2D eigenvalue weighted by molar-refractivity contribution is 6.35. The molecule has 1 saturated heterocycles. The van der Waals surface area contributed by atoms with Crippen LogP contribution in [0, 0.1) is 0 Å². The standard InChI is InChI=1S/C21H19Cl3N2O2.2C2H2O4/c22-16-4-1-15(2-5-16)3-7-18-12-27-21(28-18,13-26-10-9-25-14-26)19-8-6-17(23)11-20(19)24;2*3-1(4)2(5)6/h1-2,4-6,8-11,14,18H,3,7,12-13H2;2*(H,3,4)(H,5,6). The molecule has 2 heterocycles. The lowest BCUT2D eigenvalue weighted by Crippen LogP contribution is -2.33. The van der Waals surface area contributed by atoms with Crippen LogP contribution in [0.15, 0.2) is 61.2 Å². The summed E-state index contributed by atoms with van der Waals surface area (Å²) in [7, 11) is 0. The Hall–Kier alpha value is -3.68. The third-order valence-electron chi connectivity index (χ3n) is 5.18. The van der Waals surface area contributed by atoms with Crippen LogP contribution in [0.5, 0.6) is 0 Å². The molecule has 0 spiro atoms. The van der Waals surface area contributed by atoms with E-state index in [1.54, 1.807) is 24.7 Å². The van der Waals surface area contributed by atoms with Crippen molar-refractivity contribution >= 4 is 58.7 Å². The molecule has 1 aromatic heterocycles. The van der Waals surface area contributed by atoms with Gasteiger partial charge in [-0.1, -0.05) is 53.0 Å². The van der Waals surface area contributed by atoms with Gasteiger partial charge in [0.25, 0.3) is 0 Å². The molecule has 1 aliphatic heterocycles. The van der Waals surface area contributed by atoms with Crippen molar-refractivity contribution in [3.8, 4) is 0 Å². The lowest BCUT2D eigenvalue weighted by Gasteiger charge is -2.30. The Bertz CT molecular complexity index is 1270. The van der Waals surface area contributed by atoms with E-state index in [0.29, 0.717) is 23.2 Å². The van der Waals surface area contributed by atoms with Crippen LogP contribution in [-0.2, 0) is 47.4 Å². The summed E-state index contributed by atoms with van der Waals surface area (Å²) in [5.74, 6) is -8.28. The van der Waals surface area contributed by atoms with Gasteiger partial charge >= 0.3 is 23.9 Å². The molecule has 0 amide bonds. The van der Waals surface area contributed by atoms with E-state index < -0.39 is 29.7 Å². The number of carboxylic acids is 4. The number of aromatic nitrogens is 2. The smallest absolute Gasteiger partial charge is 0.414 e. The highest BCUT2D eigenvalue weighted by Crippen LogP contribution is 2.41. The second-order valence-electron chi connectivity index (χ2n) is 8.05. The fourth-order valence-electron chi connectivity index (χ4n) is 3.41. The lowest BCUT2D eigenvalue weighted by molar-refractivity contribution is -0.187. The number of carbonyl (C=O) groups is 4. The number of halogens is 3. The Morgan fingerprint density at radius 2 is 1.48 bits per heavy atom. The first-order valence-electron chi connectivity index (χ1n) is 11.2. The summed E-state index contributed by atoms with van der Waals surface area (Å²) in [6.07, 6.45) is 6.99. The van der Waals surface area contributed by atoms with E-state index in [1.807, 2.05) is 41.1 Å². The maximum atomic E-state index is 9.10. The Morgan fingerprint density at radius 3 is 1.98 bits per heavy atom. The Morgan fingerprint density at radius 1 is 0.900 bits per heavy atom. The largest absolute Gasteiger partial charge is 0.473 e. The van der Waals surface area contributed by atoms with E-state index in [4.69, 9.17) is 83.9 Å². The summed E-state index contributed by atoms with van der Waals surface area (Å²) in [6, 6.07) is 13.2. The number of benzene rings is 2. The highest BCUT2D eigenvalue weighted by atomic mass is 35.5. The van der Waals surface area contributed by atoms with Gasteiger partial charge in [0.2, 0.25) is 5.79 Å². The fraction of sp³-hybridized carbons (Fsp3) is 0.240. The topological polar surface area (TPSA) is 185 Å². The van der Waals surface area contributed by atoms with Gasteiger partial charge in [0, 0.05) is 28.0 Å². The van der Waals surface area contributed by atoms with Gasteiger partial charge in [-0.2, -0.15) is 0 Å². The van der Waals surface area contributed by atoms with Crippen LogP contribution < -0.4 is 0 Å². The molecule has 3 aromatic rings. The molecule has 4 N–H and O–H groups in total. The van der Waals surface area contributed by atoms with Gasteiger partial charge in [0.1, 0.15) is 0 Å². The molecule has 0 bridgehead atoms. The Balaban J connectivity index is 0.000000393. The van der Waals surface area contributed by atoms with Crippen molar-refractivity contribution in [3.05, 3.63) is 87.4 Å². The molecule has 1 fully saturated rings. The zero-order valence-corrected chi connectivity index (χ0v) is 22.7. The van der Waals surface area contributed by atoms with Crippen LogP contribution in [0.25, 0.3) is 0 Å². The van der Waals surface area contributed by atoms with Crippen LogP contribution in [0.4, 0.5) is 0 Å². The molecule has 2 atom stereocenters. The number of rotatable bonds is 6. The summed E-state index contributed by atoms with van der Waals surface area (Å²) in [4.78, 5) is 40.5. The Labute approximate surface area is 242 Å². The van der Waals surface area contributed by atoms with Crippen molar-refractivity contribution < 1.29 is 49.1 Å². The number of hydrogen-bond acceptors (Lipinski definition) is 7. The van der Waals surface area contributed by atoms with Crippen LogP contribution in [0.3, 0.4) is 0 Å². The average molecular weight is 618 g/mol. The molecule has 2 unspecified atom stereocenters. The number of aliphatic carboxylic acids is 4. The van der Waals surface area contributed by atoms with Gasteiger partial charge < -0.3 is 34.5 Å². The first-order chi connectivity index (χ1) is 18.8. The van der Waals surface area contributed by atoms with Crippen LogP contribution in [0.1, 0.15) is 17.5 Å². The summed E-state index contributed by atoms with van der Waals surface area (Å²) < 4.78 is 14.6. The maximum Gasteiger partial charge on any atom is 0.414 e. The van der Waals surface area contributed by atoms with Crippen molar-refractivity contribution in [2.75, 3.05) is 6.61 Å². The van der Waals surface area contributed by atoms with E-state index in [9.17, 15) is 0 Å². The highest BCUT2D eigenvalue weighted by Gasteiger charge is 2.44. The molecule has 214 valence electrons. The van der Waals surface area contributed by atoms with Gasteiger partial charge in [0.05, 0.1) is 30.6 Å². The third kappa shape index (κ3) is 10.1. The molecule has 0 radical (unpaired) electrons. The van der Waals surface area contributed by atoms with E-state index in [1.165, 1.54) is 5.56 Å². The van der Waals surface area contributed by atoms with E-state index in [-0.39, 0.29) is 6.10 Å². The SMILES string of the molecule is Clc1ccc(CCC2COC(Cn3ccnc3)(c3ccc(Cl)cc3Cl)O2)cc1.O=C(O)C(=O)O.O=C(O)C(=O)O. The molecule has 12 nitrogen and oxygen atoms in total. The van der Waals surface area contributed by atoms with Crippen LogP contribution in [-0.4, -0.2) is 66.6 Å². The van der Waals surface area contributed by atoms with Crippen molar-refractivity contribution in [2.24, 2.45) is 0 Å². The van der Waals surface area contributed by atoms with Crippen LogP contribution >= 0.6 is 34.8 Å². The van der Waals surface area contributed by atoms with E-state index in [0.717, 1.165) is 23.4 Å². The normalized spacial score (nSPS) is 17.5. The molecule has 0 aliphatic carbocycles. The molecular formula is C25H23Cl3N2O10. The molecule has 0 saturated carbocycles. The summed E-state index contributed by atoms with van der Waals surface area (Å²) in [5.41, 5.74) is 1.98. The van der Waals surface area contributed by atoms with Crippen molar-refractivity contribution in [1.82, 2.24) is 9.55 Å². The van der Waals surface area contributed by atoms with Gasteiger partial charge in [-0.15, -0.1) is 0 Å². The van der Waals surface area contributed by atoms with Gasteiger partial charge in [-0.25, -0.2) is 24.2 Å². The Kier molecular flexibility index (Phi) is 12.4. The second kappa shape index (κ2) is 15.2. The van der Waals surface area contributed by atoms with Crippen LogP contribution in [0.2, 0.25) is 15.1 Å². The molecule has 1 aliphatic rings. The van der Waals surface area contributed by atoms with Gasteiger partial charge in [-0.05, 0) is 42.7 Å². The molecule has 40 heavy (non-hydrogen) atoms. The maximum absolute atomic E-state index is 9.10. The minimum Gasteiger partial charge on any atom is -0.473 e. The number of hydrogen-bond donors (Lipinski definition) is 4. The van der Waals surface area contributed by atoms with Crippen molar-refractivity contribution in [3.63, 3.8) is 0 Å².